The summed E-state index contributed by atoms with van der Waals surface area (Å²) < 4.78 is 17.7. The van der Waals surface area contributed by atoms with Crippen LogP contribution in [0.25, 0.3) is 11.7 Å². The van der Waals surface area contributed by atoms with E-state index in [1.165, 1.54) is 6.26 Å². The molecule has 0 atom stereocenters. The zero-order chi connectivity index (χ0) is 20.4. The molecule has 0 radical (unpaired) electrons. The van der Waals surface area contributed by atoms with E-state index >= 15 is 0 Å². The highest BCUT2D eigenvalue weighted by atomic mass is 35.5. The first-order valence-electron chi connectivity index (χ1n) is 8.83. The zero-order valence-corrected chi connectivity index (χ0v) is 16.5. The van der Waals surface area contributed by atoms with Crippen LogP contribution in [-0.2, 0) is 17.9 Å². The van der Waals surface area contributed by atoms with Crippen molar-refractivity contribution in [1.82, 2.24) is 20.0 Å². The molecule has 0 bridgehead atoms. The number of esters is 1. The fourth-order valence-corrected chi connectivity index (χ4v) is 3.14. The predicted molar refractivity (Wildman–Crippen MR) is 103 cm³/mol. The number of carbonyl (C=O) groups is 1. The van der Waals surface area contributed by atoms with Crippen LogP contribution in [0.4, 0.5) is 0 Å². The van der Waals surface area contributed by atoms with E-state index in [2.05, 4.69) is 15.3 Å². The van der Waals surface area contributed by atoms with Gasteiger partial charge in [0.15, 0.2) is 12.4 Å². The highest BCUT2D eigenvalue weighted by Gasteiger charge is 2.21. The molecule has 3 heterocycles. The fourth-order valence-electron chi connectivity index (χ4n) is 2.95. The number of hydrogen-bond acceptors (Lipinski definition) is 7. The van der Waals surface area contributed by atoms with Crippen LogP contribution in [0.5, 0.6) is 0 Å². The summed E-state index contributed by atoms with van der Waals surface area (Å²) in [6.07, 6.45) is 1.51. The minimum absolute atomic E-state index is 0.152. The van der Waals surface area contributed by atoms with Gasteiger partial charge in [-0.1, -0.05) is 29.8 Å². The molecule has 0 unspecified atom stereocenters. The van der Waals surface area contributed by atoms with E-state index in [0.29, 0.717) is 34.3 Å². The van der Waals surface area contributed by atoms with E-state index in [0.717, 1.165) is 5.56 Å². The lowest BCUT2D eigenvalue weighted by Gasteiger charge is -2.07. The van der Waals surface area contributed by atoms with Crippen LogP contribution in [0.1, 0.15) is 33.2 Å². The van der Waals surface area contributed by atoms with Crippen LogP contribution in [0.2, 0.25) is 5.02 Å². The number of rotatable bonds is 6. The first kappa shape index (κ1) is 18.9. The number of halogens is 1. The molecule has 148 valence electrons. The normalized spacial score (nSPS) is 11.0. The second kappa shape index (κ2) is 7.92. The summed E-state index contributed by atoms with van der Waals surface area (Å²) in [7, 11) is 0. The van der Waals surface area contributed by atoms with Crippen molar-refractivity contribution >= 4 is 17.6 Å². The van der Waals surface area contributed by atoms with Gasteiger partial charge in [-0.25, -0.2) is 4.79 Å². The van der Waals surface area contributed by atoms with E-state index in [9.17, 15) is 4.79 Å². The lowest BCUT2D eigenvalue weighted by Crippen LogP contribution is -2.09. The lowest BCUT2D eigenvalue weighted by molar-refractivity contribution is 0.0436. The van der Waals surface area contributed by atoms with Crippen LogP contribution in [-0.4, -0.2) is 25.9 Å². The molecule has 1 aromatic carbocycles. The largest absolute Gasteiger partial charge is 0.459 e. The molecule has 0 fully saturated rings. The summed E-state index contributed by atoms with van der Waals surface area (Å²) in [6.45, 7) is 3.88. The van der Waals surface area contributed by atoms with Gasteiger partial charge in [-0.2, -0.15) is 5.10 Å². The van der Waals surface area contributed by atoms with Crippen molar-refractivity contribution in [3.8, 4) is 11.7 Å². The average Bonchev–Trinajstić information content (AvgIpc) is 3.43. The quantitative estimate of drug-likeness (QED) is 0.438. The number of benzene rings is 1. The molecule has 0 aliphatic rings. The van der Waals surface area contributed by atoms with Crippen LogP contribution in [0.3, 0.4) is 0 Å². The molecule has 0 N–H and O–H groups in total. The Bertz CT molecular complexity index is 1150. The topological polar surface area (TPSA) is 96.2 Å². The zero-order valence-electron chi connectivity index (χ0n) is 15.8. The number of aryl methyl sites for hydroxylation is 1. The van der Waals surface area contributed by atoms with Gasteiger partial charge in [0.1, 0.15) is 5.56 Å². The van der Waals surface area contributed by atoms with Crippen LogP contribution in [0.15, 0.2) is 51.5 Å². The average molecular weight is 413 g/mol. The Morgan fingerprint density at radius 2 is 2.00 bits per heavy atom. The Balaban J connectivity index is 1.46. The van der Waals surface area contributed by atoms with Gasteiger partial charge in [0, 0.05) is 5.02 Å². The molecular weight excluding hydrogens is 396 g/mol. The van der Waals surface area contributed by atoms with Gasteiger partial charge < -0.3 is 13.6 Å². The Labute approximate surface area is 171 Å². The molecule has 4 aromatic rings. The summed E-state index contributed by atoms with van der Waals surface area (Å²) in [6, 6.07) is 10.9. The molecule has 0 spiro atoms. The van der Waals surface area contributed by atoms with Crippen molar-refractivity contribution in [2.75, 3.05) is 0 Å². The van der Waals surface area contributed by atoms with E-state index < -0.39 is 5.97 Å². The highest BCUT2D eigenvalue weighted by Crippen LogP contribution is 2.21. The summed E-state index contributed by atoms with van der Waals surface area (Å²) in [5.41, 5.74) is 2.58. The summed E-state index contributed by atoms with van der Waals surface area (Å²) in [5, 5.41) is 12.8. The van der Waals surface area contributed by atoms with Crippen molar-refractivity contribution in [3.05, 3.63) is 76.1 Å². The maximum absolute atomic E-state index is 12.6. The third-order valence-electron chi connectivity index (χ3n) is 4.39. The van der Waals surface area contributed by atoms with E-state index in [1.807, 2.05) is 31.2 Å². The van der Waals surface area contributed by atoms with Gasteiger partial charge in [-0.3, -0.25) is 4.68 Å². The van der Waals surface area contributed by atoms with Gasteiger partial charge >= 0.3 is 5.97 Å². The number of carbonyl (C=O) groups excluding carboxylic acids is 1. The standard InChI is InChI=1S/C20H17ClN4O4/c1-12-18(13(2)25(24-12)10-14-6-3-4-7-15(14)21)20(26)28-11-17-22-23-19(29-17)16-8-5-9-27-16/h3-9H,10-11H2,1-2H3. The number of nitrogens with zero attached hydrogens (tertiary/aromatic N) is 4. The molecule has 0 amide bonds. The fraction of sp³-hybridized carbons (Fsp3) is 0.200. The molecule has 3 aromatic heterocycles. The molecule has 0 aliphatic carbocycles. The molecule has 9 heteroatoms. The van der Waals surface area contributed by atoms with Crippen LogP contribution >= 0.6 is 11.6 Å². The maximum atomic E-state index is 12.6. The number of aromatic nitrogens is 4. The van der Waals surface area contributed by atoms with E-state index in [4.69, 9.17) is 25.2 Å². The highest BCUT2D eigenvalue weighted by molar-refractivity contribution is 6.31. The number of furan rings is 1. The Kier molecular flexibility index (Phi) is 5.18. The van der Waals surface area contributed by atoms with E-state index in [-0.39, 0.29) is 18.4 Å². The summed E-state index contributed by atoms with van der Waals surface area (Å²) >= 11 is 6.23. The lowest BCUT2D eigenvalue weighted by atomic mass is 10.2. The van der Waals surface area contributed by atoms with Crippen molar-refractivity contribution < 1.29 is 18.4 Å². The second-order valence-electron chi connectivity index (χ2n) is 6.35. The maximum Gasteiger partial charge on any atom is 0.342 e. The smallest absolute Gasteiger partial charge is 0.342 e. The molecule has 0 saturated carbocycles. The van der Waals surface area contributed by atoms with Crippen molar-refractivity contribution in [3.63, 3.8) is 0 Å². The Morgan fingerprint density at radius 1 is 1.17 bits per heavy atom. The van der Waals surface area contributed by atoms with Crippen molar-refractivity contribution in [2.24, 2.45) is 0 Å². The minimum Gasteiger partial charge on any atom is -0.459 e. The Hall–Kier alpha value is -3.39. The van der Waals surface area contributed by atoms with Gasteiger partial charge in [-0.15, -0.1) is 10.2 Å². The third-order valence-corrected chi connectivity index (χ3v) is 4.76. The summed E-state index contributed by atoms with van der Waals surface area (Å²) in [5.74, 6) is 0.329. The molecule has 0 saturated heterocycles. The minimum atomic E-state index is -0.511. The van der Waals surface area contributed by atoms with Crippen LogP contribution in [0, 0.1) is 13.8 Å². The molecule has 8 nitrogen and oxygen atoms in total. The van der Waals surface area contributed by atoms with Gasteiger partial charge in [0.05, 0.1) is 24.2 Å². The van der Waals surface area contributed by atoms with Gasteiger partial charge in [0.25, 0.3) is 11.8 Å². The van der Waals surface area contributed by atoms with E-state index in [1.54, 1.807) is 23.7 Å². The molecule has 29 heavy (non-hydrogen) atoms. The summed E-state index contributed by atoms with van der Waals surface area (Å²) in [4.78, 5) is 12.6. The Morgan fingerprint density at radius 3 is 2.76 bits per heavy atom. The van der Waals surface area contributed by atoms with Gasteiger partial charge in [-0.05, 0) is 37.6 Å². The molecule has 0 aliphatic heterocycles. The predicted octanol–water partition coefficient (Wildman–Crippen LogP) is 4.20. The van der Waals surface area contributed by atoms with Gasteiger partial charge in [0.2, 0.25) is 0 Å². The first-order chi connectivity index (χ1) is 14.0. The second-order valence-corrected chi connectivity index (χ2v) is 6.76. The number of hydrogen-bond donors (Lipinski definition) is 0. The van der Waals surface area contributed by atoms with Crippen molar-refractivity contribution in [2.45, 2.75) is 27.0 Å². The SMILES string of the molecule is Cc1nn(Cc2ccccc2Cl)c(C)c1C(=O)OCc1nnc(-c2ccco2)o1. The van der Waals surface area contributed by atoms with Crippen molar-refractivity contribution in [1.29, 1.82) is 0 Å². The number of ether oxygens (including phenoxy) is 1. The molecular formula is C20H17ClN4O4. The molecule has 4 rings (SSSR count). The monoisotopic (exact) mass is 412 g/mol. The first-order valence-corrected chi connectivity index (χ1v) is 9.21. The third kappa shape index (κ3) is 3.93. The van der Waals surface area contributed by atoms with Crippen LogP contribution < -0.4 is 0 Å².